The van der Waals surface area contributed by atoms with Gasteiger partial charge in [-0.3, -0.25) is 19.7 Å². The van der Waals surface area contributed by atoms with Crippen LogP contribution >= 0.6 is 0 Å². The number of methoxy groups -OCH3 is 1. The van der Waals surface area contributed by atoms with Crippen LogP contribution in [0.1, 0.15) is 19.8 Å². The number of oxime groups is 1. The van der Waals surface area contributed by atoms with E-state index in [1.54, 1.807) is 4.90 Å². The van der Waals surface area contributed by atoms with Crippen LogP contribution in [0.25, 0.3) is 0 Å². The summed E-state index contributed by atoms with van der Waals surface area (Å²) in [5, 5.41) is 16.7. The molecule has 27 heavy (non-hydrogen) atoms. The first-order valence-corrected chi connectivity index (χ1v) is 8.47. The van der Waals surface area contributed by atoms with Crippen molar-refractivity contribution in [1.82, 2.24) is 4.90 Å². The van der Waals surface area contributed by atoms with E-state index < -0.39 is 10.8 Å². The highest BCUT2D eigenvalue weighted by molar-refractivity contribution is 6.31. The molecular weight excluding hydrogens is 356 g/mol. The van der Waals surface area contributed by atoms with Crippen LogP contribution < -0.4 is 10.1 Å². The van der Waals surface area contributed by atoms with E-state index >= 15 is 0 Å². The number of benzene rings is 1. The molecule has 0 atom stereocenters. The average Bonchev–Trinajstić information content (AvgIpc) is 2.65. The Morgan fingerprint density at radius 3 is 2.74 bits per heavy atom. The predicted octanol–water partition coefficient (Wildman–Crippen LogP) is 1.80. The highest BCUT2D eigenvalue weighted by atomic mass is 16.6. The fourth-order valence-electron chi connectivity index (χ4n) is 2.59. The number of carbonyl (C=O) groups excluding carboxylic acids is 2. The number of nitrogens with one attached hydrogen (secondary N) is 1. The van der Waals surface area contributed by atoms with E-state index in [1.165, 1.54) is 25.3 Å². The number of non-ortho nitro benzene ring substituents is 1. The zero-order valence-electron chi connectivity index (χ0n) is 15.2. The van der Waals surface area contributed by atoms with Crippen LogP contribution in [0.5, 0.6) is 5.75 Å². The fraction of sp³-hybridized carbons (Fsp3) is 0.471. The lowest BCUT2D eigenvalue weighted by Gasteiger charge is -2.29. The maximum atomic E-state index is 12.0. The lowest BCUT2D eigenvalue weighted by Crippen LogP contribution is -2.39. The number of nitro groups is 1. The van der Waals surface area contributed by atoms with Gasteiger partial charge in [0.25, 0.3) is 17.5 Å². The summed E-state index contributed by atoms with van der Waals surface area (Å²) in [7, 11) is 1.33. The largest absolute Gasteiger partial charge is 0.494 e. The van der Waals surface area contributed by atoms with Gasteiger partial charge in [0.15, 0.2) is 6.61 Å². The van der Waals surface area contributed by atoms with Crippen molar-refractivity contribution in [2.24, 2.45) is 11.1 Å². The molecule has 0 bridgehead atoms. The van der Waals surface area contributed by atoms with Crippen molar-refractivity contribution in [2.45, 2.75) is 19.8 Å². The molecule has 1 aromatic carbocycles. The minimum Gasteiger partial charge on any atom is -0.494 e. The van der Waals surface area contributed by atoms with Crippen molar-refractivity contribution in [2.75, 3.05) is 32.1 Å². The van der Waals surface area contributed by atoms with Crippen LogP contribution in [0, 0.1) is 16.0 Å². The molecular formula is C17H22N4O6. The van der Waals surface area contributed by atoms with Gasteiger partial charge in [0, 0.05) is 19.2 Å². The van der Waals surface area contributed by atoms with Gasteiger partial charge in [-0.25, -0.2) is 0 Å². The average molecular weight is 378 g/mol. The van der Waals surface area contributed by atoms with Crippen molar-refractivity contribution in [3.63, 3.8) is 0 Å². The quantitative estimate of drug-likeness (QED) is 0.438. The maximum absolute atomic E-state index is 12.0. The summed E-state index contributed by atoms with van der Waals surface area (Å²) in [6.07, 6.45) is 2.81. The van der Waals surface area contributed by atoms with E-state index in [4.69, 9.17) is 9.57 Å². The Bertz CT molecular complexity index is 728. The van der Waals surface area contributed by atoms with E-state index in [2.05, 4.69) is 17.4 Å². The van der Waals surface area contributed by atoms with Crippen LogP contribution in [-0.4, -0.2) is 54.7 Å². The van der Waals surface area contributed by atoms with Gasteiger partial charge in [-0.1, -0.05) is 12.1 Å². The molecule has 2 amide bonds. The standard InChI is InChI=1S/C17H22N4O6/c1-12-5-7-20(8-6-12)17(23)11-27-18-10-16(22)19-14-4-3-13(21(24)25)9-15(14)26-2/h3-4,9-10,12H,5-8,11H2,1-2H3,(H,19,22)/b18-10-. The summed E-state index contributed by atoms with van der Waals surface area (Å²) >= 11 is 0. The highest BCUT2D eigenvalue weighted by Crippen LogP contribution is 2.28. The minimum atomic E-state index is -0.624. The lowest BCUT2D eigenvalue weighted by atomic mass is 9.99. The Kier molecular flexibility index (Phi) is 7.09. The number of piperidine rings is 1. The van der Waals surface area contributed by atoms with Crippen molar-refractivity contribution in [3.05, 3.63) is 28.3 Å². The molecule has 1 saturated heterocycles. The predicted molar refractivity (Wildman–Crippen MR) is 97.7 cm³/mol. The molecule has 1 N–H and O–H groups in total. The SMILES string of the molecule is COc1cc([N+](=O)[O-])ccc1NC(=O)/C=N\OCC(=O)N1CCC(C)CC1. The summed E-state index contributed by atoms with van der Waals surface area (Å²) in [6, 6.07) is 3.79. The zero-order chi connectivity index (χ0) is 19.8. The number of nitrogens with zero attached hydrogens (tertiary/aromatic N) is 3. The van der Waals surface area contributed by atoms with Gasteiger partial charge in [-0.05, 0) is 24.8 Å². The van der Waals surface area contributed by atoms with Crippen molar-refractivity contribution in [1.29, 1.82) is 0 Å². The molecule has 0 spiro atoms. The molecule has 1 aliphatic heterocycles. The van der Waals surface area contributed by atoms with Gasteiger partial charge in [0.1, 0.15) is 12.0 Å². The van der Waals surface area contributed by atoms with Crippen molar-refractivity contribution in [3.8, 4) is 5.75 Å². The summed E-state index contributed by atoms with van der Waals surface area (Å²) in [4.78, 5) is 40.6. The molecule has 0 unspecified atom stereocenters. The van der Waals surface area contributed by atoms with Crippen LogP contribution in [0.15, 0.2) is 23.4 Å². The summed E-state index contributed by atoms with van der Waals surface area (Å²) in [5.74, 6) is -0.0348. The monoisotopic (exact) mass is 378 g/mol. The van der Waals surface area contributed by atoms with Gasteiger partial charge in [0.2, 0.25) is 0 Å². The molecule has 1 fully saturated rings. The lowest BCUT2D eigenvalue weighted by molar-refractivity contribution is -0.384. The summed E-state index contributed by atoms with van der Waals surface area (Å²) in [6.45, 7) is 3.32. The smallest absolute Gasteiger partial charge is 0.273 e. The Morgan fingerprint density at radius 2 is 2.11 bits per heavy atom. The molecule has 10 nitrogen and oxygen atoms in total. The van der Waals surface area contributed by atoms with Gasteiger partial charge in [-0.15, -0.1) is 0 Å². The molecule has 0 radical (unpaired) electrons. The minimum absolute atomic E-state index is 0.140. The molecule has 0 aromatic heterocycles. The number of amides is 2. The Morgan fingerprint density at radius 1 is 1.41 bits per heavy atom. The third-order valence-electron chi connectivity index (χ3n) is 4.22. The van der Waals surface area contributed by atoms with Crippen LogP contribution in [0.3, 0.4) is 0 Å². The maximum Gasteiger partial charge on any atom is 0.273 e. The number of rotatable bonds is 7. The van der Waals surface area contributed by atoms with Gasteiger partial charge in [0.05, 0.1) is 23.8 Å². The summed E-state index contributed by atoms with van der Waals surface area (Å²) in [5.41, 5.74) is 0.0885. The Balaban J connectivity index is 1.81. The number of ether oxygens (including phenoxy) is 1. The van der Waals surface area contributed by atoms with Gasteiger partial charge < -0.3 is 19.8 Å². The third-order valence-corrected chi connectivity index (χ3v) is 4.22. The Hall–Kier alpha value is -3.17. The number of hydrogen-bond acceptors (Lipinski definition) is 7. The number of nitro benzene ring substituents is 1. The second-order valence-corrected chi connectivity index (χ2v) is 6.20. The normalized spacial score (nSPS) is 14.8. The molecule has 1 aliphatic rings. The van der Waals surface area contributed by atoms with E-state index in [9.17, 15) is 19.7 Å². The van der Waals surface area contributed by atoms with Crippen LogP contribution in [0.4, 0.5) is 11.4 Å². The van der Waals surface area contributed by atoms with Crippen molar-refractivity contribution < 1.29 is 24.1 Å². The van der Waals surface area contributed by atoms with Crippen LogP contribution in [0.2, 0.25) is 0 Å². The molecule has 146 valence electrons. The number of anilines is 1. The summed E-state index contributed by atoms with van der Waals surface area (Å²) < 4.78 is 5.02. The van der Waals surface area contributed by atoms with Crippen LogP contribution in [-0.2, 0) is 14.4 Å². The second kappa shape index (κ2) is 9.51. The van der Waals surface area contributed by atoms with E-state index in [1.807, 2.05) is 0 Å². The van der Waals surface area contributed by atoms with E-state index in [0.29, 0.717) is 19.0 Å². The van der Waals surface area contributed by atoms with E-state index in [0.717, 1.165) is 19.1 Å². The first-order chi connectivity index (χ1) is 12.9. The first-order valence-electron chi connectivity index (χ1n) is 8.47. The number of carbonyl (C=O) groups is 2. The molecule has 1 aromatic rings. The van der Waals surface area contributed by atoms with Gasteiger partial charge >= 0.3 is 0 Å². The zero-order valence-corrected chi connectivity index (χ0v) is 15.2. The molecule has 10 heteroatoms. The molecule has 1 heterocycles. The fourth-order valence-corrected chi connectivity index (χ4v) is 2.59. The third kappa shape index (κ3) is 5.94. The first kappa shape index (κ1) is 20.1. The topological polar surface area (TPSA) is 123 Å². The van der Waals surface area contributed by atoms with E-state index in [-0.39, 0.29) is 29.6 Å². The number of likely N-dealkylation sites (tertiary alicyclic amines) is 1. The Labute approximate surface area is 156 Å². The highest BCUT2D eigenvalue weighted by Gasteiger charge is 2.20. The number of hydrogen-bond donors (Lipinski definition) is 1. The van der Waals surface area contributed by atoms with Crippen molar-refractivity contribution >= 4 is 29.4 Å². The molecule has 2 rings (SSSR count). The molecule has 0 saturated carbocycles. The van der Waals surface area contributed by atoms with Gasteiger partial charge in [-0.2, -0.15) is 0 Å². The molecule has 0 aliphatic carbocycles. The second-order valence-electron chi connectivity index (χ2n) is 6.20.